The number of carbonyl (C=O) groups is 1. The number of hydrogen-bond acceptors (Lipinski definition) is 5. The van der Waals surface area contributed by atoms with Crippen LogP contribution in [0.3, 0.4) is 0 Å². The maximum absolute atomic E-state index is 11.6. The molecule has 1 rings (SSSR count). The molecule has 1 aliphatic heterocycles. The Labute approximate surface area is 126 Å². The normalized spacial score (nSPS) is 29.3. The van der Waals surface area contributed by atoms with E-state index in [0.29, 0.717) is 18.9 Å². The van der Waals surface area contributed by atoms with Crippen molar-refractivity contribution in [3.63, 3.8) is 0 Å². The van der Waals surface area contributed by atoms with Gasteiger partial charge in [-0.1, -0.05) is 27.7 Å². The minimum absolute atomic E-state index is 0.0743. The van der Waals surface area contributed by atoms with Crippen LogP contribution in [0.15, 0.2) is 0 Å². The van der Waals surface area contributed by atoms with Crippen LogP contribution in [0.1, 0.15) is 34.1 Å². The molecule has 0 radical (unpaired) electrons. The Morgan fingerprint density at radius 1 is 1.14 bits per heavy atom. The van der Waals surface area contributed by atoms with Gasteiger partial charge >= 0.3 is 0 Å². The van der Waals surface area contributed by atoms with E-state index < -0.39 is 24.4 Å². The van der Waals surface area contributed by atoms with Gasteiger partial charge in [-0.3, -0.25) is 4.79 Å². The molecule has 0 spiro atoms. The third-order valence-corrected chi connectivity index (χ3v) is 3.29. The lowest BCUT2D eigenvalue weighted by atomic mass is 10.1. The van der Waals surface area contributed by atoms with Crippen molar-refractivity contribution < 1.29 is 24.5 Å². The van der Waals surface area contributed by atoms with Crippen molar-refractivity contribution in [2.75, 3.05) is 19.8 Å². The summed E-state index contributed by atoms with van der Waals surface area (Å²) in [5.74, 6) is 0.608. The smallest absolute Gasteiger partial charge is 0.220 e. The van der Waals surface area contributed by atoms with E-state index in [0.717, 1.165) is 0 Å². The molecule has 1 fully saturated rings. The number of rotatable bonds is 8. The highest BCUT2D eigenvalue weighted by atomic mass is 16.6. The first kappa shape index (κ1) is 18.4. The molecule has 21 heavy (non-hydrogen) atoms. The van der Waals surface area contributed by atoms with Crippen LogP contribution in [-0.4, -0.2) is 60.3 Å². The van der Waals surface area contributed by atoms with Crippen molar-refractivity contribution >= 4 is 5.91 Å². The highest BCUT2D eigenvalue weighted by Gasteiger charge is 2.42. The molecule has 124 valence electrons. The lowest BCUT2D eigenvalue weighted by Crippen LogP contribution is -2.40. The molecule has 4 unspecified atom stereocenters. The first-order valence-corrected chi connectivity index (χ1v) is 7.67. The summed E-state index contributed by atoms with van der Waals surface area (Å²) in [5.41, 5.74) is 0. The van der Waals surface area contributed by atoms with Gasteiger partial charge in [-0.2, -0.15) is 0 Å². The number of nitrogens with one attached hydrogen (secondary N) is 1. The summed E-state index contributed by atoms with van der Waals surface area (Å²) in [6.45, 7) is 9.02. The minimum Gasteiger partial charge on any atom is -0.388 e. The summed E-state index contributed by atoms with van der Waals surface area (Å²) >= 11 is 0. The monoisotopic (exact) mass is 303 g/mol. The van der Waals surface area contributed by atoms with Crippen molar-refractivity contribution in [3.8, 4) is 0 Å². The van der Waals surface area contributed by atoms with Crippen molar-refractivity contribution in [2.24, 2.45) is 11.8 Å². The summed E-state index contributed by atoms with van der Waals surface area (Å²) in [7, 11) is 0. The molecule has 1 amide bonds. The first-order valence-electron chi connectivity index (χ1n) is 7.67. The Bertz CT molecular complexity index is 321. The van der Waals surface area contributed by atoms with E-state index in [4.69, 9.17) is 9.47 Å². The van der Waals surface area contributed by atoms with Crippen LogP contribution in [-0.2, 0) is 14.3 Å². The van der Waals surface area contributed by atoms with Crippen molar-refractivity contribution in [2.45, 2.75) is 58.5 Å². The predicted molar refractivity (Wildman–Crippen MR) is 78.8 cm³/mol. The van der Waals surface area contributed by atoms with Crippen molar-refractivity contribution in [1.82, 2.24) is 5.32 Å². The number of aliphatic hydroxyl groups excluding tert-OH is 2. The summed E-state index contributed by atoms with van der Waals surface area (Å²) in [4.78, 5) is 11.6. The summed E-state index contributed by atoms with van der Waals surface area (Å²) in [5, 5.41) is 22.6. The van der Waals surface area contributed by atoms with Gasteiger partial charge in [0.25, 0.3) is 0 Å². The molecular formula is C15H29NO5. The number of hydrogen-bond donors (Lipinski definition) is 3. The number of ether oxygens (including phenoxy) is 2. The number of aliphatic hydroxyl groups is 2. The molecule has 1 heterocycles. The highest BCUT2D eigenvalue weighted by molar-refractivity contribution is 5.76. The molecule has 6 nitrogen and oxygen atoms in total. The molecule has 6 heteroatoms. The van der Waals surface area contributed by atoms with Gasteiger partial charge in [-0.05, 0) is 11.8 Å². The summed E-state index contributed by atoms with van der Waals surface area (Å²) < 4.78 is 11.0. The zero-order valence-electron chi connectivity index (χ0n) is 13.4. The van der Waals surface area contributed by atoms with Gasteiger partial charge in [0.05, 0.1) is 6.61 Å². The topological polar surface area (TPSA) is 88.0 Å². The van der Waals surface area contributed by atoms with Crippen LogP contribution < -0.4 is 5.32 Å². The second-order valence-electron chi connectivity index (χ2n) is 6.53. The Morgan fingerprint density at radius 2 is 1.76 bits per heavy atom. The van der Waals surface area contributed by atoms with Gasteiger partial charge in [-0.25, -0.2) is 0 Å². The maximum Gasteiger partial charge on any atom is 0.220 e. The molecule has 0 aromatic carbocycles. The van der Waals surface area contributed by atoms with E-state index in [1.54, 1.807) is 0 Å². The standard InChI is InChI=1S/C15H29NO5/c1-9(2)5-13(17)16-6-11-14(18)15(19)12(21-11)8-20-7-10(3)4/h9-12,14-15,18-19H,5-8H2,1-4H3,(H,16,17). The molecular weight excluding hydrogens is 274 g/mol. The van der Waals surface area contributed by atoms with E-state index in [-0.39, 0.29) is 25.0 Å². The summed E-state index contributed by atoms with van der Waals surface area (Å²) in [6.07, 6.45) is -2.69. The molecule has 1 aliphatic rings. The van der Waals surface area contributed by atoms with Gasteiger partial charge in [-0.15, -0.1) is 0 Å². The third-order valence-electron chi connectivity index (χ3n) is 3.29. The van der Waals surface area contributed by atoms with E-state index in [2.05, 4.69) is 5.32 Å². The van der Waals surface area contributed by atoms with Crippen LogP contribution in [0.5, 0.6) is 0 Å². The number of amides is 1. The Morgan fingerprint density at radius 3 is 2.33 bits per heavy atom. The molecule has 4 atom stereocenters. The molecule has 0 aromatic heterocycles. The molecule has 0 saturated carbocycles. The van der Waals surface area contributed by atoms with E-state index in [1.165, 1.54) is 0 Å². The van der Waals surface area contributed by atoms with E-state index in [9.17, 15) is 15.0 Å². The Hall–Kier alpha value is -0.690. The van der Waals surface area contributed by atoms with Crippen molar-refractivity contribution in [3.05, 3.63) is 0 Å². The fourth-order valence-electron chi connectivity index (χ4n) is 2.21. The van der Waals surface area contributed by atoms with Crippen molar-refractivity contribution in [1.29, 1.82) is 0 Å². The quantitative estimate of drug-likeness (QED) is 0.601. The molecule has 0 aliphatic carbocycles. The van der Waals surface area contributed by atoms with E-state index in [1.807, 2.05) is 27.7 Å². The molecule has 0 bridgehead atoms. The fraction of sp³-hybridized carbons (Fsp3) is 0.933. The van der Waals surface area contributed by atoms with Crippen LogP contribution in [0.4, 0.5) is 0 Å². The summed E-state index contributed by atoms with van der Waals surface area (Å²) in [6, 6.07) is 0. The lowest BCUT2D eigenvalue weighted by molar-refractivity contribution is -0.122. The maximum atomic E-state index is 11.6. The zero-order chi connectivity index (χ0) is 16.0. The third kappa shape index (κ3) is 6.30. The van der Waals surface area contributed by atoms with Gasteiger partial charge in [0.1, 0.15) is 24.4 Å². The average Bonchev–Trinajstić information content (AvgIpc) is 2.63. The second kappa shape index (κ2) is 8.68. The highest BCUT2D eigenvalue weighted by Crippen LogP contribution is 2.21. The first-order chi connectivity index (χ1) is 9.81. The molecule has 1 saturated heterocycles. The van der Waals surface area contributed by atoms with Crippen LogP contribution >= 0.6 is 0 Å². The van der Waals surface area contributed by atoms with Crippen LogP contribution in [0, 0.1) is 11.8 Å². The average molecular weight is 303 g/mol. The van der Waals surface area contributed by atoms with Gasteiger partial charge < -0.3 is 25.0 Å². The van der Waals surface area contributed by atoms with Crippen LogP contribution in [0.2, 0.25) is 0 Å². The Kier molecular flexibility index (Phi) is 7.59. The molecule has 3 N–H and O–H groups in total. The van der Waals surface area contributed by atoms with E-state index >= 15 is 0 Å². The zero-order valence-corrected chi connectivity index (χ0v) is 13.4. The SMILES string of the molecule is CC(C)COCC1OC(CNC(=O)CC(C)C)C(O)C1O. The van der Waals surface area contributed by atoms with Crippen LogP contribution in [0.25, 0.3) is 0 Å². The fourth-order valence-corrected chi connectivity index (χ4v) is 2.21. The van der Waals surface area contributed by atoms with Gasteiger partial charge in [0.2, 0.25) is 5.91 Å². The Balaban J connectivity index is 2.34. The van der Waals surface area contributed by atoms with Gasteiger partial charge in [0.15, 0.2) is 0 Å². The minimum atomic E-state index is -1.00. The number of carbonyl (C=O) groups excluding carboxylic acids is 1. The largest absolute Gasteiger partial charge is 0.388 e. The van der Waals surface area contributed by atoms with Gasteiger partial charge in [0, 0.05) is 19.6 Å². The second-order valence-corrected chi connectivity index (χ2v) is 6.53. The predicted octanol–water partition coefficient (Wildman–Crippen LogP) is 0.311. The molecule has 0 aromatic rings. The lowest BCUT2D eigenvalue weighted by Gasteiger charge is -2.16.